The minimum absolute atomic E-state index is 0.248. The van der Waals surface area contributed by atoms with Gasteiger partial charge in [-0.3, -0.25) is 0 Å². The van der Waals surface area contributed by atoms with Crippen molar-refractivity contribution in [2.24, 2.45) is 5.41 Å². The van der Waals surface area contributed by atoms with E-state index < -0.39 is 0 Å². The third kappa shape index (κ3) is 3.58. The van der Waals surface area contributed by atoms with Crippen molar-refractivity contribution in [3.63, 3.8) is 0 Å². The summed E-state index contributed by atoms with van der Waals surface area (Å²) in [5.74, 6) is 0. The zero-order valence-electron chi connectivity index (χ0n) is 12.7. The lowest BCUT2D eigenvalue weighted by molar-refractivity contribution is 0.0620. The lowest BCUT2D eigenvalue weighted by atomic mass is 9.76. The summed E-state index contributed by atoms with van der Waals surface area (Å²) in [5, 5.41) is 3.61. The minimum atomic E-state index is 0.248. The molecule has 0 aliphatic carbocycles. The number of hydrogen-bond donors (Lipinski definition) is 1. The summed E-state index contributed by atoms with van der Waals surface area (Å²) in [7, 11) is 0. The first-order chi connectivity index (χ1) is 9.02. The first-order valence-corrected chi connectivity index (χ1v) is 7.42. The first kappa shape index (κ1) is 14.5. The Balaban J connectivity index is 2.14. The van der Waals surface area contributed by atoms with Crippen LogP contribution in [0.2, 0.25) is 0 Å². The van der Waals surface area contributed by atoms with Crippen LogP contribution in [-0.2, 0) is 11.2 Å². The van der Waals surface area contributed by atoms with Crippen LogP contribution in [0.25, 0.3) is 0 Å². The molecule has 19 heavy (non-hydrogen) atoms. The summed E-state index contributed by atoms with van der Waals surface area (Å²) in [6, 6.07) is 9.41. The third-order valence-electron chi connectivity index (χ3n) is 4.33. The highest BCUT2D eigenvalue weighted by Crippen LogP contribution is 2.38. The van der Waals surface area contributed by atoms with E-state index in [9.17, 15) is 0 Å². The fourth-order valence-electron chi connectivity index (χ4n) is 2.98. The minimum Gasteiger partial charge on any atom is -0.378 e. The van der Waals surface area contributed by atoms with Gasteiger partial charge in [0, 0.05) is 24.6 Å². The maximum absolute atomic E-state index is 5.86. The molecule has 0 amide bonds. The molecule has 0 saturated carbocycles. The second-order valence-electron chi connectivity index (χ2n) is 6.33. The molecule has 1 N–H and O–H groups in total. The van der Waals surface area contributed by atoms with Gasteiger partial charge in [-0.05, 0) is 32.3 Å². The van der Waals surface area contributed by atoms with Crippen molar-refractivity contribution < 1.29 is 4.74 Å². The zero-order chi connectivity index (χ0) is 13.9. The van der Waals surface area contributed by atoms with Crippen LogP contribution in [0.3, 0.4) is 0 Å². The Hall–Kier alpha value is -0.860. The Kier molecular flexibility index (Phi) is 4.64. The van der Waals surface area contributed by atoms with Gasteiger partial charge in [-0.1, -0.05) is 43.7 Å². The predicted molar refractivity (Wildman–Crippen MR) is 80.5 cm³/mol. The van der Waals surface area contributed by atoms with Crippen LogP contribution in [0.5, 0.6) is 0 Å². The zero-order valence-corrected chi connectivity index (χ0v) is 12.7. The Bertz CT molecular complexity index is 415. The SMILES string of the molecule is Cc1cccc(CC2(CNC(C)C)CCOC2C)c1. The van der Waals surface area contributed by atoms with Crippen molar-refractivity contribution in [3.05, 3.63) is 35.4 Å². The molecule has 0 radical (unpaired) electrons. The number of aryl methyl sites for hydroxylation is 1. The summed E-state index contributed by atoms with van der Waals surface area (Å²) < 4.78 is 5.86. The van der Waals surface area contributed by atoms with Crippen molar-refractivity contribution in [1.82, 2.24) is 5.32 Å². The average molecular weight is 261 g/mol. The topological polar surface area (TPSA) is 21.3 Å². The van der Waals surface area contributed by atoms with E-state index in [0.29, 0.717) is 12.1 Å². The molecule has 1 heterocycles. The molecule has 0 aromatic heterocycles. The summed E-state index contributed by atoms with van der Waals surface area (Å²) >= 11 is 0. The number of benzene rings is 1. The van der Waals surface area contributed by atoms with Gasteiger partial charge in [0.25, 0.3) is 0 Å². The van der Waals surface area contributed by atoms with E-state index in [0.717, 1.165) is 26.0 Å². The lowest BCUT2D eigenvalue weighted by Gasteiger charge is -2.33. The van der Waals surface area contributed by atoms with Gasteiger partial charge in [0.1, 0.15) is 0 Å². The Morgan fingerprint density at radius 2 is 2.21 bits per heavy atom. The molecule has 2 nitrogen and oxygen atoms in total. The Morgan fingerprint density at radius 3 is 2.79 bits per heavy atom. The van der Waals surface area contributed by atoms with Crippen molar-refractivity contribution in [2.45, 2.75) is 52.7 Å². The monoisotopic (exact) mass is 261 g/mol. The maximum Gasteiger partial charge on any atom is 0.0619 e. The number of rotatable bonds is 5. The largest absolute Gasteiger partial charge is 0.378 e. The van der Waals surface area contributed by atoms with Crippen LogP contribution in [0.1, 0.15) is 38.3 Å². The molecular weight excluding hydrogens is 234 g/mol. The van der Waals surface area contributed by atoms with E-state index in [1.807, 2.05) is 0 Å². The third-order valence-corrected chi connectivity index (χ3v) is 4.33. The van der Waals surface area contributed by atoms with Crippen LogP contribution in [0, 0.1) is 12.3 Å². The summed E-state index contributed by atoms with van der Waals surface area (Å²) in [4.78, 5) is 0. The molecule has 1 aromatic rings. The number of ether oxygens (including phenoxy) is 1. The van der Waals surface area contributed by atoms with Crippen molar-refractivity contribution in [3.8, 4) is 0 Å². The first-order valence-electron chi connectivity index (χ1n) is 7.42. The molecule has 2 unspecified atom stereocenters. The summed E-state index contributed by atoms with van der Waals surface area (Å²) in [6.45, 7) is 10.7. The molecule has 1 aliphatic heterocycles. The normalized spacial score (nSPS) is 27.1. The second-order valence-corrected chi connectivity index (χ2v) is 6.33. The van der Waals surface area contributed by atoms with E-state index >= 15 is 0 Å². The molecule has 1 aromatic carbocycles. The van der Waals surface area contributed by atoms with Crippen LogP contribution in [0.15, 0.2) is 24.3 Å². The highest BCUT2D eigenvalue weighted by molar-refractivity contribution is 5.24. The fraction of sp³-hybridized carbons (Fsp3) is 0.647. The van der Waals surface area contributed by atoms with Gasteiger partial charge in [-0.15, -0.1) is 0 Å². The van der Waals surface area contributed by atoms with Gasteiger partial charge in [0.2, 0.25) is 0 Å². The quantitative estimate of drug-likeness (QED) is 0.878. The van der Waals surface area contributed by atoms with E-state index in [1.54, 1.807) is 0 Å². The van der Waals surface area contributed by atoms with Crippen LogP contribution < -0.4 is 5.32 Å². The van der Waals surface area contributed by atoms with Crippen molar-refractivity contribution in [1.29, 1.82) is 0 Å². The van der Waals surface area contributed by atoms with Crippen molar-refractivity contribution >= 4 is 0 Å². The Labute approximate surface area is 117 Å². The van der Waals surface area contributed by atoms with Crippen molar-refractivity contribution in [2.75, 3.05) is 13.2 Å². The molecule has 0 bridgehead atoms. The van der Waals surface area contributed by atoms with Crippen LogP contribution in [-0.4, -0.2) is 25.3 Å². The highest BCUT2D eigenvalue weighted by Gasteiger charge is 2.41. The van der Waals surface area contributed by atoms with E-state index in [1.165, 1.54) is 11.1 Å². The van der Waals surface area contributed by atoms with Crippen LogP contribution >= 0.6 is 0 Å². The highest BCUT2D eigenvalue weighted by atomic mass is 16.5. The second kappa shape index (κ2) is 6.06. The molecule has 1 fully saturated rings. The van der Waals surface area contributed by atoms with E-state index in [4.69, 9.17) is 4.74 Å². The van der Waals surface area contributed by atoms with E-state index in [2.05, 4.69) is 57.3 Å². The molecule has 2 heteroatoms. The van der Waals surface area contributed by atoms with E-state index in [-0.39, 0.29) is 5.41 Å². The maximum atomic E-state index is 5.86. The molecule has 2 rings (SSSR count). The average Bonchev–Trinajstić information content (AvgIpc) is 2.69. The van der Waals surface area contributed by atoms with Gasteiger partial charge < -0.3 is 10.1 Å². The van der Waals surface area contributed by atoms with Crippen LogP contribution in [0.4, 0.5) is 0 Å². The molecule has 1 aliphatic rings. The van der Waals surface area contributed by atoms with Gasteiger partial charge in [-0.2, -0.15) is 0 Å². The van der Waals surface area contributed by atoms with Gasteiger partial charge >= 0.3 is 0 Å². The lowest BCUT2D eigenvalue weighted by Crippen LogP contribution is -2.43. The summed E-state index contributed by atoms with van der Waals surface area (Å²) in [5.41, 5.74) is 3.02. The molecule has 106 valence electrons. The smallest absolute Gasteiger partial charge is 0.0619 e. The fourth-order valence-corrected chi connectivity index (χ4v) is 2.98. The summed E-state index contributed by atoms with van der Waals surface area (Å²) in [6.07, 6.45) is 2.59. The number of nitrogens with one attached hydrogen (secondary N) is 1. The van der Waals surface area contributed by atoms with Gasteiger partial charge in [0.05, 0.1) is 6.10 Å². The van der Waals surface area contributed by atoms with Gasteiger partial charge in [0.15, 0.2) is 0 Å². The standard InChI is InChI=1S/C17H27NO/c1-13(2)18-12-17(8-9-19-15(17)4)11-16-7-5-6-14(3)10-16/h5-7,10,13,15,18H,8-9,11-12H2,1-4H3. The Morgan fingerprint density at radius 1 is 1.42 bits per heavy atom. The number of hydrogen-bond acceptors (Lipinski definition) is 2. The molecule has 2 atom stereocenters. The molecule has 1 saturated heterocycles. The molecular formula is C17H27NO. The van der Waals surface area contributed by atoms with Gasteiger partial charge in [-0.25, -0.2) is 0 Å². The predicted octanol–water partition coefficient (Wildman–Crippen LogP) is 3.33. The molecule has 0 spiro atoms.